The third kappa shape index (κ3) is 5.06. The van der Waals surface area contributed by atoms with E-state index in [9.17, 15) is 9.18 Å². The fraction of sp³-hybridized carbons (Fsp3) is 0.529. The maximum atomic E-state index is 14.6. The van der Waals surface area contributed by atoms with E-state index in [1.165, 1.54) is 13.0 Å². The van der Waals surface area contributed by atoms with E-state index >= 15 is 0 Å². The molecule has 2 aliphatic heterocycles. The quantitative estimate of drug-likeness (QED) is 0.706. The van der Waals surface area contributed by atoms with E-state index in [4.69, 9.17) is 14.9 Å². The van der Waals surface area contributed by atoms with Crippen LogP contribution in [0.1, 0.15) is 13.8 Å². The van der Waals surface area contributed by atoms with E-state index in [0.717, 1.165) is 0 Å². The number of carbonyl (C=O) groups is 1. The van der Waals surface area contributed by atoms with Gasteiger partial charge in [0.25, 0.3) is 6.02 Å². The van der Waals surface area contributed by atoms with E-state index in [1.807, 2.05) is 4.90 Å². The van der Waals surface area contributed by atoms with Crippen LogP contribution in [0.25, 0.3) is 0 Å². The molecule has 0 aromatic heterocycles. The lowest BCUT2D eigenvalue weighted by Gasteiger charge is -2.29. The Morgan fingerprint density at radius 1 is 1.48 bits per heavy atom. The molecular weight excluding hydrogens is 327 g/mol. The molecule has 0 aromatic carbocycles. The van der Waals surface area contributed by atoms with Crippen LogP contribution in [0.5, 0.6) is 0 Å². The summed E-state index contributed by atoms with van der Waals surface area (Å²) in [5, 5.41) is 10.6. The summed E-state index contributed by atoms with van der Waals surface area (Å²) < 4.78 is 25.3. The average molecular weight is 352 g/mol. The Labute approximate surface area is 147 Å². The molecule has 25 heavy (non-hydrogen) atoms. The standard InChI is InChI=1S/C17H25FN4O3/c1-4-14(9-16(18)12(2)21-5-7-24-8-6-21)22-11-15(25-17(22)19)10-20-13(3)23/h4,9,15,19H,2,5-8,10-11H2,1,3H3,(H,20,23)/b14-4+,16-9+,19-17?/t15-/m0/s1. The van der Waals surface area contributed by atoms with Crippen LogP contribution >= 0.6 is 0 Å². The summed E-state index contributed by atoms with van der Waals surface area (Å²) in [4.78, 5) is 14.4. The number of morpholine rings is 1. The molecule has 0 unspecified atom stereocenters. The number of ether oxygens (including phenoxy) is 2. The fourth-order valence-corrected chi connectivity index (χ4v) is 2.65. The third-order valence-corrected chi connectivity index (χ3v) is 4.04. The van der Waals surface area contributed by atoms with Gasteiger partial charge >= 0.3 is 0 Å². The zero-order valence-corrected chi connectivity index (χ0v) is 14.7. The minimum Gasteiger partial charge on any atom is -0.458 e. The van der Waals surface area contributed by atoms with Crippen molar-refractivity contribution in [1.82, 2.24) is 15.1 Å². The van der Waals surface area contributed by atoms with Crippen LogP contribution in [-0.2, 0) is 14.3 Å². The van der Waals surface area contributed by atoms with Crippen molar-refractivity contribution in [2.75, 3.05) is 39.4 Å². The van der Waals surface area contributed by atoms with E-state index in [1.54, 1.807) is 17.9 Å². The summed E-state index contributed by atoms with van der Waals surface area (Å²) in [6.45, 7) is 10.0. The molecule has 7 nitrogen and oxygen atoms in total. The Balaban J connectivity index is 2.02. The molecule has 0 aromatic rings. The molecule has 0 bridgehead atoms. The fourth-order valence-electron chi connectivity index (χ4n) is 2.65. The first kappa shape index (κ1) is 19.0. The van der Waals surface area contributed by atoms with Crippen molar-refractivity contribution < 1.29 is 18.7 Å². The Hall–Kier alpha value is -2.35. The highest BCUT2D eigenvalue weighted by Gasteiger charge is 2.30. The molecule has 1 amide bonds. The van der Waals surface area contributed by atoms with Crippen LogP contribution < -0.4 is 5.32 Å². The Kier molecular flexibility index (Phi) is 6.58. The summed E-state index contributed by atoms with van der Waals surface area (Å²) >= 11 is 0. The van der Waals surface area contributed by atoms with Crippen LogP contribution in [0, 0.1) is 5.41 Å². The second-order valence-corrected chi connectivity index (χ2v) is 5.84. The van der Waals surface area contributed by atoms with Gasteiger partial charge in [-0.15, -0.1) is 0 Å². The lowest BCUT2D eigenvalue weighted by Crippen LogP contribution is -2.35. The molecule has 1 atom stereocenters. The summed E-state index contributed by atoms with van der Waals surface area (Å²) in [6.07, 6.45) is 2.73. The lowest BCUT2D eigenvalue weighted by atomic mass is 10.2. The maximum absolute atomic E-state index is 14.6. The zero-order valence-electron chi connectivity index (χ0n) is 14.7. The molecule has 0 saturated carbocycles. The Morgan fingerprint density at radius 2 is 2.16 bits per heavy atom. The first-order valence-electron chi connectivity index (χ1n) is 8.25. The lowest BCUT2D eigenvalue weighted by molar-refractivity contribution is -0.119. The van der Waals surface area contributed by atoms with Gasteiger partial charge < -0.3 is 19.7 Å². The van der Waals surface area contributed by atoms with Crippen molar-refractivity contribution in [1.29, 1.82) is 5.41 Å². The van der Waals surface area contributed by atoms with Crippen LogP contribution in [0.15, 0.2) is 36.0 Å². The highest BCUT2D eigenvalue weighted by molar-refractivity contribution is 5.76. The molecular formula is C17H25FN4O3. The summed E-state index contributed by atoms with van der Waals surface area (Å²) in [5.41, 5.74) is 0.825. The maximum Gasteiger partial charge on any atom is 0.289 e. The predicted molar refractivity (Wildman–Crippen MR) is 92.5 cm³/mol. The largest absolute Gasteiger partial charge is 0.458 e. The van der Waals surface area contributed by atoms with E-state index in [0.29, 0.717) is 50.8 Å². The number of nitrogens with one attached hydrogen (secondary N) is 2. The van der Waals surface area contributed by atoms with Crippen molar-refractivity contribution in [3.8, 4) is 0 Å². The van der Waals surface area contributed by atoms with Crippen molar-refractivity contribution in [3.63, 3.8) is 0 Å². The van der Waals surface area contributed by atoms with Gasteiger partial charge in [-0.1, -0.05) is 12.7 Å². The summed E-state index contributed by atoms with van der Waals surface area (Å²) in [5.74, 6) is -0.610. The van der Waals surface area contributed by atoms with Gasteiger partial charge in [0.1, 0.15) is 11.9 Å². The van der Waals surface area contributed by atoms with E-state index < -0.39 is 5.83 Å². The van der Waals surface area contributed by atoms with E-state index in [2.05, 4.69) is 11.9 Å². The topological polar surface area (TPSA) is 77.9 Å². The number of amides is 1. The van der Waals surface area contributed by atoms with Crippen molar-refractivity contribution in [2.24, 2.45) is 0 Å². The van der Waals surface area contributed by atoms with Crippen molar-refractivity contribution in [2.45, 2.75) is 20.0 Å². The number of rotatable bonds is 6. The molecule has 138 valence electrons. The molecule has 0 spiro atoms. The minimum atomic E-state index is -0.451. The van der Waals surface area contributed by atoms with E-state index in [-0.39, 0.29) is 18.0 Å². The zero-order chi connectivity index (χ0) is 18.4. The summed E-state index contributed by atoms with van der Waals surface area (Å²) in [6, 6.07) is -0.0653. The second kappa shape index (κ2) is 8.66. The predicted octanol–water partition coefficient (Wildman–Crippen LogP) is 1.36. The van der Waals surface area contributed by atoms with Gasteiger partial charge in [0.05, 0.1) is 32.0 Å². The monoisotopic (exact) mass is 352 g/mol. The van der Waals surface area contributed by atoms with Crippen LogP contribution in [0.3, 0.4) is 0 Å². The average Bonchev–Trinajstić information content (AvgIpc) is 2.98. The molecule has 2 saturated heterocycles. The number of hydrogen-bond acceptors (Lipinski definition) is 5. The Morgan fingerprint density at radius 3 is 2.76 bits per heavy atom. The smallest absolute Gasteiger partial charge is 0.289 e. The number of halogens is 1. The minimum absolute atomic E-state index is 0.0653. The number of carbonyl (C=O) groups excluding carboxylic acids is 1. The van der Waals surface area contributed by atoms with Crippen LogP contribution in [-0.4, -0.2) is 67.2 Å². The van der Waals surface area contributed by atoms with Gasteiger partial charge in [0, 0.05) is 25.7 Å². The number of nitrogens with zero attached hydrogens (tertiary/aromatic N) is 2. The second-order valence-electron chi connectivity index (χ2n) is 5.84. The molecule has 8 heteroatoms. The molecule has 2 N–H and O–H groups in total. The number of hydrogen-bond donors (Lipinski definition) is 2. The first-order valence-corrected chi connectivity index (χ1v) is 8.25. The summed E-state index contributed by atoms with van der Waals surface area (Å²) in [7, 11) is 0. The van der Waals surface area contributed by atoms with Gasteiger partial charge in [0.15, 0.2) is 0 Å². The SMILES string of the molecule is C=C(/C(F)=C\C(=C/C)N1C[C@H](CNC(C)=O)OC1=N)N1CCOCC1. The molecule has 2 fully saturated rings. The normalized spacial score (nSPS) is 22.0. The molecule has 0 radical (unpaired) electrons. The molecule has 2 aliphatic rings. The number of allylic oxidation sites excluding steroid dienone is 3. The Bertz CT molecular complexity index is 597. The van der Waals surface area contributed by atoms with Gasteiger partial charge in [-0.2, -0.15) is 0 Å². The van der Waals surface area contributed by atoms with Crippen LogP contribution in [0.2, 0.25) is 0 Å². The first-order chi connectivity index (χ1) is 11.9. The van der Waals surface area contributed by atoms with Crippen LogP contribution in [0.4, 0.5) is 4.39 Å². The number of amidine groups is 1. The van der Waals surface area contributed by atoms with Crippen molar-refractivity contribution in [3.05, 3.63) is 36.0 Å². The van der Waals surface area contributed by atoms with Crippen molar-refractivity contribution >= 4 is 11.9 Å². The molecule has 2 rings (SSSR count). The van der Waals surface area contributed by atoms with Gasteiger partial charge in [-0.3, -0.25) is 15.1 Å². The highest BCUT2D eigenvalue weighted by atomic mass is 19.1. The highest BCUT2D eigenvalue weighted by Crippen LogP contribution is 2.22. The van der Waals surface area contributed by atoms with Gasteiger partial charge in [-0.05, 0) is 13.0 Å². The van der Waals surface area contributed by atoms with Gasteiger partial charge in [-0.25, -0.2) is 4.39 Å². The third-order valence-electron chi connectivity index (χ3n) is 4.04. The molecule has 2 heterocycles. The molecule has 0 aliphatic carbocycles. The van der Waals surface area contributed by atoms with Gasteiger partial charge in [0.2, 0.25) is 5.91 Å².